The van der Waals surface area contributed by atoms with E-state index in [0.29, 0.717) is 5.92 Å². The highest BCUT2D eigenvalue weighted by Gasteiger charge is 2.15. The molecule has 1 aliphatic heterocycles. The van der Waals surface area contributed by atoms with Gasteiger partial charge in [0.2, 0.25) is 0 Å². The van der Waals surface area contributed by atoms with Gasteiger partial charge in [-0.1, -0.05) is 6.92 Å². The van der Waals surface area contributed by atoms with Gasteiger partial charge in [-0.25, -0.2) is 0 Å². The number of nitrogens with zero attached hydrogens (tertiary/aromatic N) is 1. The zero-order valence-electron chi connectivity index (χ0n) is 11.0. The number of rotatable bonds is 7. The van der Waals surface area contributed by atoms with Crippen LogP contribution in [0.25, 0.3) is 0 Å². The lowest BCUT2D eigenvalue weighted by Gasteiger charge is -2.27. The molecule has 1 fully saturated rings. The van der Waals surface area contributed by atoms with E-state index in [2.05, 4.69) is 18.9 Å². The van der Waals surface area contributed by atoms with Crippen LogP contribution in [0.15, 0.2) is 0 Å². The first-order chi connectivity index (χ1) is 7.72. The van der Waals surface area contributed by atoms with E-state index in [0.717, 1.165) is 25.7 Å². The minimum Gasteiger partial charge on any atom is -0.381 e. The van der Waals surface area contributed by atoms with E-state index in [4.69, 9.17) is 10.5 Å². The van der Waals surface area contributed by atoms with Gasteiger partial charge in [0.15, 0.2) is 0 Å². The van der Waals surface area contributed by atoms with Crippen molar-refractivity contribution in [2.75, 3.05) is 39.9 Å². The Morgan fingerprint density at radius 3 is 2.69 bits per heavy atom. The quantitative estimate of drug-likeness (QED) is 0.721. The fraction of sp³-hybridized carbons (Fsp3) is 1.00. The first-order valence-electron chi connectivity index (χ1n) is 6.68. The molecule has 0 radical (unpaired) electrons. The molecule has 0 bridgehead atoms. The van der Waals surface area contributed by atoms with Gasteiger partial charge in [0.25, 0.3) is 0 Å². The van der Waals surface area contributed by atoms with Crippen LogP contribution in [0.2, 0.25) is 0 Å². The SMILES string of the molecule is CC(CN)CCCN(C)CC1CCOCC1. The van der Waals surface area contributed by atoms with Crippen molar-refractivity contribution in [1.29, 1.82) is 0 Å². The second-order valence-electron chi connectivity index (χ2n) is 5.30. The van der Waals surface area contributed by atoms with Crippen LogP contribution in [-0.2, 0) is 4.74 Å². The molecule has 0 aromatic rings. The second-order valence-corrected chi connectivity index (χ2v) is 5.30. The number of hydrogen-bond donors (Lipinski definition) is 1. The molecular weight excluding hydrogens is 200 g/mol. The molecule has 16 heavy (non-hydrogen) atoms. The predicted molar refractivity (Wildman–Crippen MR) is 68.5 cm³/mol. The number of ether oxygens (including phenoxy) is 1. The van der Waals surface area contributed by atoms with Crippen LogP contribution in [0, 0.1) is 11.8 Å². The van der Waals surface area contributed by atoms with E-state index in [1.54, 1.807) is 0 Å². The molecule has 0 aromatic heterocycles. The molecule has 96 valence electrons. The molecule has 3 nitrogen and oxygen atoms in total. The monoisotopic (exact) mass is 228 g/mol. The second kappa shape index (κ2) is 8.04. The third kappa shape index (κ3) is 5.83. The Balaban J connectivity index is 2.03. The molecule has 0 aliphatic carbocycles. The molecular formula is C13H28N2O. The van der Waals surface area contributed by atoms with E-state index >= 15 is 0 Å². The zero-order chi connectivity index (χ0) is 11.8. The lowest BCUT2D eigenvalue weighted by molar-refractivity contribution is 0.0555. The van der Waals surface area contributed by atoms with Crippen LogP contribution in [0.1, 0.15) is 32.6 Å². The fourth-order valence-corrected chi connectivity index (χ4v) is 2.29. The molecule has 1 atom stereocenters. The van der Waals surface area contributed by atoms with E-state index < -0.39 is 0 Å². The Labute approximate surface area is 100 Å². The van der Waals surface area contributed by atoms with Gasteiger partial charge in [-0.15, -0.1) is 0 Å². The third-order valence-electron chi connectivity index (χ3n) is 3.55. The van der Waals surface area contributed by atoms with Crippen molar-refractivity contribution < 1.29 is 4.74 Å². The summed E-state index contributed by atoms with van der Waals surface area (Å²) in [6.07, 6.45) is 5.01. The maximum absolute atomic E-state index is 5.61. The minimum atomic E-state index is 0.677. The van der Waals surface area contributed by atoms with Crippen molar-refractivity contribution in [2.24, 2.45) is 17.6 Å². The highest BCUT2D eigenvalue weighted by Crippen LogP contribution is 2.15. The summed E-state index contributed by atoms with van der Waals surface area (Å²) in [6, 6.07) is 0. The lowest BCUT2D eigenvalue weighted by atomic mass is 9.99. The van der Waals surface area contributed by atoms with Crippen molar-refractivity contribution >= 4 is 0 Å². The van der Waals surface area contributed by atoms with Gasteiger partial charge >= 0.3 is 0 Å². The molecule has 0 aromatic carbocycles. The molecule has 2 N–H and O–H groups in total. The van der Waals surface area contributed by atoms with Crippen molar-refractivity contribution in [3.63, 3.8) is 0 Å². The number of nitrogens with two attached hydrogens (primary N) is 1. The molecule has 1 rings (SSSR count). The highest BCUT2D eigenvalue weighted by molar-refractivity contribution is 4.67. The molecule has 0 amide bonds. The maximum atomic E-state index is 5.61. The van der Waals surface area contributed by atoms with Crippen LogP contribution in [0.4, 0.5) is 0 Å². The molecule has 0 spiro atoms. The Morgan fingerprint density at radius 2 is 2.06 bits per heavy atom. The topological polar surface area (TPSA) is 38.5 Å². The van der Waals surface area contributed by atoms with Crippen LogP contribution in [-0.4, -0.2) is 44.8 Å². The minimum absolute atomic E-state index is 0.677. The molecule has 0 saturated carbocycles. The molecule has 1 aliphatic rings. The predicted octanol–water partition coefficient (Wildman–Crippen LogP) is 1.72. The zero-order valence-corrected chi connectivity index (χ0v) is 11.0. The van der Waals surface area contributed by atoms with Gasteiger partial charge in [0, 0.05) is 19.8 Å². The van der Waals surface area contributed by atoms with E-state index in [1.807, 2.05) is 0 Å². The van der Waals surface area contributed by atoms with Crippen LogP contribution >= 0.6 is 0 Å². The molecule has 1 unspecified atom stereocenters. The van der Waals surface area contributed by atoms with Crippen molar-refractivity contribution in [3.8, 4) is 0 Å². The van der Waals surface area contributed by atoms with Crippen LogP contribution < -0.4 is 5.73 Å². The summed E-state index contributed by atoms with van der Waals surface area (Å²) >= 11 is 0. The lowest BCUT2D eigenvalue weighted by Crippen LogP contribution is -2.30. The van der Waals surface area contributed by atoms with Gasteiger partial charge in [-0.2, -0.15) is 0 Å². The Bertz CT molecular complexity index is 169. The van der Waals surface area contributed by atoms with Gasteiger partial charge in [0.1, 0.15) is 0 Å². The summed E-state index contributed by atoms with van der Waals surface area (Å²) < 4.78 is 5.38. The molecule has 1 saturated heterocycles. The van der Waals surface area contributed by atoms with Crippen molar-refractivity contribution in [2.45, 2.75) is 32.6 Å². The first kappa shape index (κ1) is 13.9. The Hall–Kier alpha value is -0.120. The van der Waals surface area contributed by atoms with Crippen LogP contribution in [0.5, 0.6) is 0 Å². The average Bonchev–Trinajstić information content (AvgIpc) is 2.30. The first-order valence-corrected chi connectivity index (χ1v) is 6.68. The average molecular weight is 228 g/mol. The standard InChI is InChI=1S/C13H28N2O/c1-12(10-14)4-3-7-15(2)11-13-5-8-16-9-6-13/h12-13H,3-11,14H2,1-2H3. The van der Waals surface area contributed by atoms with E-state index in [-0.39, 0.29) is 0 Å². The molecule has 1 heterocycles. The third-order valence-corrected chi connectivity index (χ3v) is 3.55. The number of hydrogen-bond acceptors (Lipinski definition) is 3. The van der Waals surface area contributed by atoms with E-state index in [9.17, 15) is 0 Å². The van der Waals surface area contributed by atoms with Crippen molar-refractivity contribution in [1.82, 2.24) is 4.90 Å². The molecule has 3 heteroatoms. The smallest absolute Gasteiger partial charge is 0.0469 e. The highest BCUT2D eigenvalue weighted by atomic mass is 16.5. The summed E-state index contributed by atoms with van der Waals surface area (Å²) in [6.45, 7) is 7.43. The van der Waals surface area contributed by atoms with Crippen molar-refractivity contribution in [3.05, 3.63) is 0 Å². The largest absolute Gasteiger partial charge is 0.381 e. The normalized spacial score (nSPS) is 20.2. The fourth-order valence-electron chi connectivity index (χ4n) is 2.29. The van der Waals surface area contributed by atoms with Gasteiger partial charge in [0.05, 0.1) is 0 Å². The summed E-state index contributed by atoms with van der Waals surface area (Å²) in [4.78, 5) is 2.47. The summed E-state index contributed by atoms with van der Waals surface area (Å²) in [5.74, 6) is 1.53. The Kier molecular flexibility index (Phi) is 7.01. The van der Waals surface area contributed by atoms with E-state index in [1.165, 1.54) is 38.8 Å². The van der Waals surface area contributed by atoms with Gasteiger partial charge in [-0.3, -0.25) is 0 Å². The summed E-state index contributed by atoms with van der Waals surface area (Å²) in [5.41, 5.74) is 5.61. The summed E-state index contributed by atoms with van der Waals surface area (Å²) in [7, 11) is 2.24. The van der Waals surface area contributed by atoms with Gasteiger partial charge < -0.3 is 15.4 Å². The maximum Gasteiger partial charge on any atom is 0.0469 e. The van der Waals surface area contributed by atoms with Crippen LogP contribution in [0.3, 0.4) is 0 Å². The van der Waals surface area contributed by atoms with Gasteiger partial charge in [-0.05, 0) is 57.7 Å². The summed E-state index contributed by atoms with van der Waals surface area (Å²) in [5, 5.41) is 0. The Morgan fingerprint density at radius 1 is 1.38 bits per heavy atom.